The molecule has 1 atom stereocenters. The van der Waals surface area contributed by atoms with Crippen LogP contribution in [0.5, 0.6) is 0 Å². The van der Waals surface area contributed by atoms with E-state index in [1.54, 1.807) is 17.4 Å². The molecule has 9 heteroatoms. The zero-order valence-corrected chi connectivity index (χ0v) is 18.6. The van der Waals surface area contributed by atoms with Gasteiger partial charge >= 0.3 is 0 Å². The Kier molecular flexibility index (Phi) is 7.10. The molecule has 1 aromatic rings. The lowest BCUT2D eigenvalue weighted by molar-refractivity contribution is 0.347. The largest absolute Gasteiger partial charge is 0.355 e. The maximum absolute atomic E-state index is 12.8. The highest BCUT2D eigenvalue weighted by Crippen LogP contribution is 2.36. The number of nitrogens with zero attached hydrogens (tertiary/aromatic N) is 2. The average Bonchev–Trinajstić information content (AvgIpc) is 3.33. The maximum atomic E-state index is 12.8. The summed E-state index contributed by atoms with van der Waals surface area (Å²) in [5.74, 6) is 1.99. The third kappa shape index (κ3) is 5.40. The minimum atomic E-state index is -3.34. The van der Waals surface area contributed by atoms with Crippen LogP contribution in [0.2, 0.25) is 0 Å². The molecule has 2 aliphatic rings. The summed E-state index contributed by atoms with van der Waals surface area (Å²) in [5.41, 5.74) is 0. The summed E-state index contributed by atoms with van der Waals surface area (Å²) in [6.45, 7) is 5.03. The van der Waals surface area contributed by atoms with Gasteiger partial charge in [-0.2, -0.15) is 16.1 Å². The second-order valence-electron chi connectivity index (χ2n) is 7.37. The van der Waals surface area contributed by atoms with Gasteiger partial charge in [0.05, 0.1) is 6.54 Å². The lowest BCUT2D eigenvalue weighted by Gasteiger charge is -2.25. The number of hydrogen-bond donors (Lipinski definition) is 2. The van der Waals surface area contributed by atoms with Gasteiger partial charge in [0.1, 0.15) is 4.21 Å². The number of guanidine groups is 1. The second-order valence-corrected chi connectivity index (χ2v) is 12.4. The van der Waals surface area contributed by atoms with Crippen molar-refractivity contribution < 1.29 is 8.42 Å². The van der Waals surface area contributed by atoms with E-state index in [0.29, 0.717) is 23.8 Å². The molecule has 1 aromatic heterocycles. The summed E-state index contributed by atoms with van der Waals surface area (Å²) < 4.78 is 27.9. The highest BCUT2D eigenvalue weighted by molar-refractivity contribution is 8.00. The summed E-state index contributed by atoms with van der Waals surface area (Å²) in [4.78, 5) is 5.28. The molecule has 152 valence electrons. The molecule has 0 bridgehead atoms. The Balaban J connectivity index is 1.53. The number of sulfonamides is 1. The van der Waals surface area contributed by atoms with Gasteiger partial charge in [0, 0.05) is 36.3 Å². The van der Waals surface area contributed by atoms with Gasteiger partial charge in [-0.05, 0) is 50.5 Å². The minimum Gasteiger partial charge on any atom is -0.355 e. The van der Waals surface area contributed by atoms with E-state index in [1.165, 1.54) is 29.9 Å². The summed E-state index contributed by atoms with van der Waals surface area (Å²) >= 11 is 3.37. The molecule has 6 nitrogen and oxygen atoms in total. The van der Waals surface area contributed by atoms with Crippen LogP contribution in [0, 0.1) is 0 Å². The van der Waals surface area contributed by atoms with E-state index in [-0.39, 0.29) is 4.75 Å². The van der Waals surface area contributed by atoms with E-state index in [4.69, 9.17) is 0 Å². The Labute approximate surface area is 171 Å². The van der Waals surface area contributed by atoms with Crippen LogP contribution < -0.4 is 10.6 Å². The van der Waals surface area contributed by atoms with Crippen molar-refractivity contribution in [1.29, 1.82) is 0 Å². The lowest BCUT2D eigenvalue weighted by atomic mass is 10.1. The highest BCUT2D eigenvalue weighted by atomic mass is 32.2. The molecule has 0 aliphatic carbocycles. The number of rotatable bonds is 6. The van der Waals surface area contributed by atoms with E-state index in [1.807, 2.05) is 17.8 Å². The standard InChI is InChI=1S/C18H30N4O2S3/c1-18(9-6-12-25-18)14-21-17(19-2)20-13-15-7-8-16(26-15)27(23,24)22-10-4-3-5-11-22/h7-8H,3-6,9-14H2,1-2H3,(H2,19,20,21). The first-order valence-electron chi connectivity index (χ1n) is 9.60. The third-order valence-electron chi connectivity index (χ3n) is 5.13. The van der Waals surface area contributed by atoms with Crippen molar-refractivity contribution in [3.8, 4) is 0 Å². The molecule has 0 saturated carbocycles. The fourth-order valence-electron chi connectivity index (χ4n) is 3.46. The number of hydrogen-bond acceptors (Lipinski definition) is 5. The van der Waals surface area contributed by atoms with Crippen LogP contribution >= 0.6 is 23.1 Å². The first kappa shape index (κ1) is 21.0. The van der Waals surface area contributed by atoms with Crippen LogP contribution in [-0.4, -0.2) is 55.9 Å². The number of nitrogens with one attached hydrogen (secondary N) is 2. The number of thiophene rings is 1. The molecular formula is C18H30N4O2S3. The second kappa shape index (κ2) is 9.15. The Morgan fingerprint density at radius 2 is 2.00 bits per heavy atom. The monoisotopic (exact) mass is 430 g/mol. The van der Waals surface area contributed by atoms with E-state index < -0.39 is 10.0 Å². The van der Waals surface area contributed by atoms with Crippen molar-refractivity contribution in [1.82, 2.24) is 14.9 Å². The predicted octanol–water partition coefficient (Wildman–Crippen LogP) is 2.87. The van der Waals surface area contributed by atoms with Crippen molar-refractivity contribution >= 4 is 39.1 Å². The van der Waals surface area contributed by atoms with Gasteiger partial charge in [-0.25, -0.2) is 8.42 Å². The van der Waals surface area contributed by atoms with Gasteiger partial charge in [-0.1, -0.05) is 6.42 Å². The Bertz CT molecular complexity index is 748. The van der Waals surface area contributed by atoms with Gasteiger partial charge in [0.25, 0.3) is 10.0 Å². The fourth-order valence-corrected chi connectivity index (χ4v) is 7.67. The van der Waals surface area contributed by atoms with Gasteiger partial charge in [0.2, 0.25) is 0 Å². The van der Waals surface area contributed by atoms with Gasteiger partial charge in [-0.3, -0.25) is 4.99 Å². The predicted molar refractivity (Wildman–Crippen MR) is 115 cm³/mol. The van der Waals surface area contributed by atoms with Crippen molar-refractivity contribution in [2.75, 3.05) is 32.4 Å². The van der Waals surface area contributed by atoms with Crippen LogP contribution in [0.1, 0.15) is 43.9 Å². The summed E-state index contributed by atoms with van der Waals surface area (Å²) in [6, 6.07) is 3.63. The van der Waals surface area contributed by atoms with Crippen LogP contribution in [0.15, 0.2) is 21.3 Å². The first-order valence-corrected chi connectivity index (χ1v) is 12.8. The van der Waals surface area contributed by atoms with Crippen LogP contribution in [0.25, 0.3) is 0 Å². The van der Waals surface area contributed by atoms with Gasteiger partial charge < -0.3 is 10.6 Å². The molecule has 0 radical (unpaired) electrons. The number of aliphatic imine (C=N–C) groups is 1. The van der Waals surface area contributed by atoms with E-state index in [9.17, 15) is 8.42 Å². The molecule has 2 N–H and O–H groups in total. The smallest absolute Gasteiger partial charge is 0.252 e. The van der Waals surface area contributed by atoms with Crippen molar-refractivity contribution in [2.45, 2.75) is 54.5 Å². The first-order chi connectivity index (χ1) is 12.9. The Morgan fingerprint density at radius 3 is 2.67 bits per heavy atom. The average molecular weight is 431 g/mol. The maximum Gasteiger partial charge on any atom is 0.252 e. The van der Waals surface area contributed by atoms with E-state index in [0.717, 1.165) is 36.6 Å². The molecule has 3 heterocycles. The zero-order valence-electron chi connectivity index (χ0n) is 16.2. The van der Waals surface area contributed by atoms with Crippen molar-refractivity contribution in [3.05, 3.63) is 17.0 Å². The fraction of sp³-hybridized carbons (Fsp3) is 0.722. The Morgan fingerprint density at radius 1 is 1.22 bits per heavy atom. The molecular weight excluding hydrogens is 400 g/mol. The Hall–Kier alpha value is -0.770. The third-order valence-corrected chi connectivity index (χ3v) is 10.1. The zero-order chi connectivity index (χ0) is 19.3. The lowest BCUT2D eigenvalue weighted by Crippen LogP contribution is -2.43. The van der Waals surface area contributed by atoms with E-state index in [2.05, 4.69) is 22.5 Å². The molecule has 0 aromatic carbocycles. The van der Waals surface area contributed by atoms with Crippen molar-refractivity contribution in [2.24, 2.45) is 4.99 Å². The molecule has 1 unspecified atom stereocenters. The summed E-state index contributed by atoms with van der Waals surface area (Å²) in [5, 5.41) is 6.71. The van der Waals surface area contributed by atoms with Crippen LogP contribution in [-0.2, 0) is 16.6 Å². The topological polar surface area (TPSA) is 73.8 Å². The normalized spacial score (nSPS) is 24.9. The van der Waals surface area contributed by atoms with Crippen LogP contribution in [0.3, 0.4) is 0 Å². The van der Waals surface area contributed by atoms with Gasteiger partial charge in [-0.15, -0.1) is 11.3 Å². The van der Waals surface area contributed by atoms with Gasteiger partial charge in [0.15, 0.2) is 5.96 Å². The molecule has 2 fully saturated rings. The molecule has 27 heavy (non-hydrogen) atoms. The molecule has 0 spiro atoms. The van der Waals surface area contributed by atoms with E-state index >= 15 is 0 Å². The molecule has 2 aliphatic heterocycles. The number of piperidine rings is 1. The number of thioether (sulfide) groups is 1. The SMILES string of the molecule is CN=C(NCc1ccc(S(=O)(=O)N2CCCCC2)s1)NCC1(C)CCCS1. The summed E-state index contributed by atoms with van der Waals surface area (Å²) in [6.07, 6.45) is 5.54. The molecule has 2 saturated heterocycles. The molecule has 3 rings (SSSR count). The van der Waals surface area contributed by atoms with Crippen LogP contribution in [0.4, 0.5) is 0 Å². The molecule has 0 amide bonds. The van der Waals surface area contributed by atoms with Crippen molar-refractivity contribution in [3.63, 3.8) is 0 Å². The summed E-state index contributed by atoms with van der Waals surface area (Å²) in [7, 11) is -1.58. The minimum absolute atomic E-state index is 0.274. The highest BCUT2D eigenvalue weighted by Gasteiger charge is 2.29. The quantitative estimate of drug-likeness (QED) is 0.536.